The van der Waals surface area contributed by atoms with Gasteiger partial charge in [0.2, 0.25) is 0 Å². The van der Waals surface area contributed by atoms with E-state index < -0.39 is 0 Å². The Labute approximate surface area is 122 Å². The van der Waals surface area contributed by atoms with Crippen LogP contribution in [0.15, 0.2) is 18.2 Å². The number of benzene rings is 1. The number of rotatable bonds is 3. The molecule has 0 radical (unpaired) electrons. The Balaban J connectivity index is 1.77. The molecular formula is C14H17N5O2. The van der Waals surface area contributed by atoms with Crippen molar-refractivity contribution in [3.8, 4) is 6.07 Å². The van der Waals surface area contributed by atoms with Crippen molar-refractivity contribution in [3.05, 3.63) is 33.9 Å². The summed E-state index contributed by atoms with van der Waals surface area (Å²) in [5.74, 6) is 0. The second kappa shape index (κ2) is 5.68. The quantitative estimate of drug-likeness (QED) is 0.646. The largest absolute Gasteiger partial charge is 0.363 e. The Morgan fingerprint density at radius 3 is 2.52 bits per heavy atom. The molecule has 21 heavy (non-hydrogen) atoms. The molecule has 1 aromatic rings. The normalized spacial score (nSPS) is 19.9. The van der Waals surface area contributed by atoms with Crippen molar-refractivity contribution in [1.29, 1.82) is 5.26 Å². The summed E-state index contributed by atoms with van der Waals surface area (Å²) in [6.45, 7) is 5.38. The lowest BCUT2D eigenvalue weighted by Crippen LogP contribution is -2.61. The lowest BCUT2D eigenvalue weighted by atomic mass is 10.1. The Hall–Kier alpha value is -2.17. The fraction of sp³-hybridized carbons (Fsp3) is 0.500. The van der Waals surface area contributed by atoms with Crippen LogP contribution in [-0.4, -0.2) is 55.1 Å². The molecule has 0 unspecified atom stereocenters. The first kappa shape index (κ1) is 13.8. The maximum absolute atomic E-state index is 11.2. The van der Waals surface area contributed by atoms with Gasteiger partial charge in [-0.3, -0.25) is 15.0 Å². The van der Waals surface area contributed by atoms with Gasteiger partial charge in [-0.1, -0.05) is 0 Å². The van der Waals surface area contributed by atoms with Crippen molar-refractivity contribution in [3.63, 3.8) is 0 Å². The topological polar surface area (TPSA) is 85.4 Å². The van der Waals surface area contributed by atoms with Crippen molar-refractivity contribution in [2.45, 2.75) is 6.04 Å². The van der Waals surface area contributed by atoms with Crippen LogP contribution in [0.3, 0.4) is 0 Å². The van der Waals surface area contributed by atoms with Crippen LogP contribution >= 0.6 is 0 Å². The van der Waals surface area contributed by atoms with E-state index in [9.17, 15) is 10.1 Å². The fourth-order valence-corrected chi connectivity index (χ4v) is 2.86. The molecule has 0 aliphatic carbocycles. The van der Waals surface area contributed by atoms with Gasteiger partial charge in [0.15, 0.2) is 0 Å². The molecule has 110 valence electrons. The van der Waals surface area contributed by atoms with Crippen LogP contribution in [0.1, 0.15) is 5.56 Å². The third-order valence-electron chi connectivity index (χ3n) is 4.23. The fourth-order valence-electron chi connectivity index (χ4n) is 2.86. The summed E-state index contributed by atoms with van der Waals surface area (Å²) in [6, 6.07) is 7.20. The number of nitrogens with one attached hydrogen (secondary N) is 1. The third-order valence-corrected chi connectivity index (χ3v) is 4.23. The standard InChI is InChI=1S/C14H17N5O2/c15-8-11-1-2-13(19(20)21)14(7-11)18-5-3-17(4-6-18)12-9-16-10-12/h1-2,7,12,16H,3-6,9-10H2. The summed E-state index contributed by atoms with van der Waals surface area (Å²) >= 11 is 0. The van der Waals surface area contributed by atoms with Gasteiger partial charge >= 0.3 is 0 Å². The smallest absolute Gasteiger partial charge is 0.292 e. The van der Waals surface area contributed by atoms with Gasteiger partial charge < -0.3 is 10.2 Å². The van der Waals surface area contributed by atoms with Crippen LogP contribution in [0, 0.1) is 21.4 Å². The molecule has 7 heteroatoms. The average molecular weight is 287 g/mol. The molecule has 2 saturated heterocycles. The highest BCUT2D eigenvalue weighted by Crippen LogP contribution is 2.30. The first-order valence-electron chi connectivity index (χ1n) is 7.07. The lowest BCUT2D eigenvalue weighted by molar-refractivity contribution is -0.384. The van der Waals surface area contributed by atoms with Crippen molar-refractivity contribution >= 4 is 11.4 Å². The highest BCUT2D eigenvalue weighted by atomic mass is 16.6. The Bertz CT molecular complexity index is 586. The van der Waals surface area contributed by atoms with Crippen molar-refractivity contribution in [1.82, 2.24) is 10.2 Å². The lowest BCUT2D eigenvalue weighted by Gasteiger charge is -2.43. The minimum absolute atomic E-state index is 0.0766. The van der Waals surface area contributed by atoms with E-state index in [0.29, 0.717) is 17.3 Å². The number of nitro groups is 1. The second-order valence-corrected chi connectivity index (χ2v) is 5.41. The summed E-state index contributed by atoms with van der Waals surface area (Å²) in [6.07, 6.45) is 0. The maximum atomic E-state index is 11.2. The molecule has 0 amide bonds. The van der Waals surface area contributed by atoms with Crippen LogP contribution in [0.5, 0.6) is 0 Å². The van der Waals surface area contributed by atoms with E-state index in [2.05, 4.69) is 10.2 Å². The van der Waals surface area contributed by atoms with Gasteiger partial charge in [-0.2, -0.15) is 5.26 Å². The molecule has 0 bridgehead atoms. The summed E-state index contributed by atoms with van der Waals surface area (Å²) in [7, 11) is 0. The first-order valence-corrected chi connectivity index (χ1v) is 7.07. The molecule has 0 aromatic heterocycles. The molecule has 2 fully saturated rings. The molecule has 2 aliphatic rings. The van der Waals surface area contributed by atoms with Gasteiger partial charge in [0.05, 0.1) is 16.6 Å². The predicted octanol–water partition coefficient (Wildman–Crippen LogP) is 0.560. The van der Waals surface area contributed by atoms with Gasteiger partial charge in [-0.25, -0.2) is 0 Å². The minimum Gasteiger partial charge on any atom is -0.363 e. The average Bonchev–Trinajstić information content (AvgIpc) is 2.45. The van der Waals surface area contributed by atoms with Gasteiger partial charge in [-0.05, 0) is 12.1 Å². The van der Waals surface area contributed by atoms with E-state index >= 15 is 0 Å². The van der Waals surface area contributed by atoms with E-state index in [1.807, 2.05) is 11.0 Å². The highest BCUT2D eigenvalue weighted by Gasteiger charge is 2.29. The molecule has 0 atom stereocenters. The number of anilines is 1. The van der Waals surface area contributed by atoms with E-state index in [0.717, 1.165) is 39.3 Å². The Kier molecular flexibility index (Phi) is 3.73. The van der Waals surface area contributed by atoms with Crippen LogP contribution in [0.4, 0.5) is 11.4 Å². The number of nitro benzene ring substituents is 1. The van der Waals surface area contributed by atoms with Crippen molar-refractivity contribution in [2.75, 3.05) is 44.2 Å². The van der Waals surface area contributed by atoms with Crippen LogP contribution in [0.25, 0.3) is 0 Å². The monoisotopic (exact) mass is 287 g/mol. The van der Waals surface area contributed by atoms with Gasteiger partial charge in [0, 0.05) is 51.4 Å². The number of hydrogen-bond donors (Lipinski definition) is 1. The summed E-state index contributed by atoms with van der Waals surface area (Å²) < 4.78 is 0. The van der Waals surface area contributed by atoms with E-state index in [1.165, 1.54) is 12.1 Å². The zero-order valence-corrected chi connectivity index (χ0v) is 11.7. The summed E-state index contributed by atoms with van der Waals surface area (Å²) in [4.78, 5) is 15.2. The molecule has 7 nitrogen and oxygen atoms in total. The van der Waals surface area contributed by atoms with Crippen molar-refractivity contribution < 1.29 is 4.92 Å². The van der Waals surface area contributed by atoms with Gasteiger partial charge in [0.1, 0.15) is 5.69 Å². The predicted molar refractivity (Wildman–Crippen MR) is 78.3 cm³/mol. The molecule has 0 saturated carbocycles. The molecule has 1 aromatic carbocycles. The first-order chi connectivity index (χ1) is 10.2. The maximum Gasteiger partial charge on any atom is 0.292 e. The minimum atomic E-state index is -0.376. The number of piperazine rings is 1. The van der Waals surface area contributed by atoms with E-state index in [-0.39, 0.29) is 10.6 Å². The second-order valence-electron chi connectivity index (χ2n) is 5.41. The Morgan fingerprint density at radius 1 is 1.29 bits per heavy atom. The van der Waals surface area contributed by atoms with Crippen LogP contribution < -0.4 is 10.2 Å². The van der Waals surface area contributed by atoms with E-state index in [4.69, 9.17) is 5.26 Å². The molecule has 0 spiro atoms. The Morgan fingerprint density at radius 2 is 2.00 bits per heavy atom. The number of nitrogens with zero attached hydrogens (tertiary/aromatic N) is 4. The number of hydrogen-bond acceptors (Lipinski definition) is 6. The highest BCUT2D eigenvalue weighted by molar-refractivity contribution is 5.66. The summed E-state index contributed by atoms with van der Waals surface area (Å²) in [5.41, 5.74) is 1.10. The summed E-state index contributed by atoms with van der Waals surface area (Å²) in [5, 5.41) is 23.4. The van der Waals surface area contributed by atoms with Crippen LogP contribution in [0.2, 0.25) is 0 Å². The van der Waals surface area contributed by atoms with Gasteiger partial charge in [-0.15, -0.1) is 0 Å². The molecule has 1 N–H and O–H groups in total. The molecular weight excluding hydrogens is 270 g/mol. The zero-order chi connectivity index (χ0) is 14.8. The van der Waals surface area contributed by atoms with Gasteiger partial charge in [0.25, 0.3) is 5.69 Å². The van der Waals surface area contributed by atoms with Crippen LogP contribution in [-0.2, 0) is 0 Å². The molecule has 2 heterocycles. The number of nitriles is 1. The zero-order valence-electron chi connectivity index (χ0n) is 11.7. The third kappa shape index (κ3) is 2.68. The SMILES string of the molecule is N#Cc1ccc([N+](=O)[O-])c(N2CCN(C3CNC3)CC2)c1. The molecule has 3 rings (SSSR count). The molecule has 2 aliphatic heterocycles. The van der Waals surface area contributed by atoms with Crippen molar-refractivity contribution in [2.24, 2.45) is 0 Å². The van der Waals surface area contributed by atoms with E-state index in [1.54, 1.807) is 6.07 Å².